The van der Waals surface area contributed by atoms with E-state index in [0.29, 0.717) is 12.0 Å². The van der Waals surface area contributed by atoms with Gasteiger partial charge < -0.3 is 15.5 Å². The normalized spacial score (nSPS) is 19.4. The van der Waals surface area contributed by atoms with Gasteiger partial charge in [-0.05, 0) is 25.5 Å². The van der Waals surface area contributed by atoms with Crippen molar-refractivity contribution in [2.45, 2.75) is 32.4 Å². The van der Waals surface area contributed by atoms with Gasteiger partial charge in [-0.2, -0.15) is 10.2 Å². The maximum Gasteiger partial charge on any atom is 0.253 e. The molecule has 0 aliphatic carbocycles. The van der Waals surface area contributed by atoms with Crippen LogP contribution in [0.3, 0.4) is 0 Å². The number of fused-ring (bicyclic) bond motifs is 2. The summed E-state index contributed by atoms with van der Waals surface area (Å²) < 4.78 is 3.73. The molecule has 1 amide bonds. The molecule has 152 valence electrons. The Kier molecular flexibility index (Phi) is 4.46. The fraction of sp³-hybridized carbons (Fsp3) is 0.500. The largest absolute Gasteiger partial charge is 0.368 e. The molecule has 2 aromatic heterocycles. The lowest BCUT2D eigenvalue weighted by atomic mass is 10.0. The molecule has 1 aromatic carbocycles. The first-order chi connectivity index (χ1) is 14.1. The molecule has 2 N–H and O–H groups in total. The predicted octanol–water partition coefficient (Wildman–Crippen LogP) is 0.628. The monoisotopic (exact) mass is 394 g/mol. The van der Waals surface area contributed by atoms with Gasteiger partial charge in [-0.3, -0.25) is 9.48 Å². The van der Waals surface area contributed by atoms with Gasteiger partial charge in [0.2, 0.25) is 0 Å². The van der Waals surface area contributed by atoms with Crippen LogP contribution in [0.2, 0.25) is 0 Å². The SMILES string of the molecule is Cc1nc2n(n1)CCC(NC(=O)c1ccc(N3CCNCC3)c3cn(C)nc13)C2. The van der Waals surface area contributed by atoms with E-state index >= 15 is 0 Å². The standard InChI is InChI=1S/C20H26N8O/c1-13-22-18-11-14(5-8-28(18)24-13)23-20(29)15-3-4-17(27-9-6-21-7-10-27)16-12-26(2)25-19(15)16/h3-4,12,14,21H,5-11H2,1-2H3,(H,23,29). The van der Waals surface area contributed by atoms with E-state index in [9.17, 15) is 4.79 Å². The Hall–Kier alpha value is -2.94. The second-order valence-corrected chi connectivity index (χ2v) is 7.90. The van der Waals surface area contributed by atoms with Crippen LogP contribution in [0.4, 0.5) is 5.69 Å². The van der Waals surface area contributed by atoms with Crippen LogP contribution in [0.15, 0.2) is 18.3 Å². The van der Waals surface area contributed by atoms with E-state index in [0.717, 1.165) is 67.4 Å². The molecule has 9 nitrogen and oxygen atoms in total. The molecule has 5 rings (SSSR count). The summed E-state index contributed by atoms with van der Waals surface area (Å²) in [5, 5.41) is 16.6. The van der Waals surface area contributed by atoms with E-state index in [1.807, 2.05) is 30.9 Å². The van der Waals surface area contributed by atoms with Crippen LogP contribution in [0.25, 0.3) is 10.9 Å². The van der Waals surface area contributed by atoms with Crippen molar-refractivity contribution < 1.29 is 4.79 Å². The van der Waals surface area contributed by atoms with Crippen molar-refractivity contribution in [3.05, 3.63) is 35.5 Å². The van der Waals surface area contributed by atoms with E-state index in [4.69, 9.17) is 0 Å². The van der Waals surface area contributed by atoms with E-state index in [2.05, 4.69) is 36.8 Å². The number of anilines is 1. The zero-order chi connectivity index (χ0) is 20.0. The molecule has 2 aliphatic heterocycles. The zero-order valence-corrected chi connectivity index (χ0v) is 16.9. The molecule has 0 spiro atoms. The van der Waals surface area contributed by atoms with E-state index in [-0.39, 0.29) is 11.9 Å². The van der Waals surface area contributed by atoms with Crippen molar-refractivity contribution in [3.8, 4) is 0 Å². The highest BCUT2D eigenvalue weighted by Crippen LogP contribution is 2.29. The second-order valence-electron chi connectivity index (χ2n) is 7.90. The lowest BCUT2D eigenvalue weighted by molar-refractivity contribution is 0.0931. The number of hydrogen-bond donors (Lipinski definition) is 2. The summed E-state index contributed by atoms with van der Waals surface area (Å²) in [4.78, 5) is 19.9. The van der Waals surface area contributed by atoms with Gasteiger partial charge in [-0.15, -0.1) is 0 Å². The highest BCUT2D eigenvalue weighted by molar-refractivity contribution is 6.08. The molecule has 4 heterocycles. The van der Waals surface area contributed by atoms with E-state index < -0.39 is 0 Å². The minimum Gasteiger partial charge on any atom is -0.368 e. The van der Waals surface area contributed by atoms with E-state index in [1.54, 1.807) is 4.68 Å². The number of carbonyl (C=O) groups is 1. The average molecular weight is 394 g/mol. The lowest BCUT2D eigenvalue weighted by Gasteiger charge is -2.30. The topological polar surface area (TPSA) is 92.9 Å². The highest BCUT2D eigenvalue weighted by atomic mass is 16.1. The summed E-state index contributed by atoms with van der Waals surface area (Å²) in [5.41, 5.74) is 2.53. The van der Waals surface area contributed by atoms with Crippen LogP contribution >= 0.6 is 0 Å². The lowest BCUT2D eigenvalue weighted by Crippen LogP contribution is -2.43. The fourth-order valence-corrected chi connectivity index (χ4v) is 4.39. The Morgan fingerprint density at radius 3 is 2.86 bits per heavy atom. The number of nitrogens with one attached hydrogen (secondary N) is 2. The average Bonchev–Trinajstić information content (AvgIpc) is 3.28. The molecule has 1 fully saturated rings. The van der Waals surface area contributed by atoms with Crippen molar-refractivity contribution in [1.82, 2.24) is 35.2 Å². The third-order valence-corrected chi connectivity index (χ3v) is 5.78. The molecule has 1 unspecified atom stereocenters. The number of hydrogen-bond acceptors (Lipinski definition) is 6. The van der Waals surface area contributed by atoms with Crippen molar-refractivity contribution in [2.75, 3.05) is 31.1 Å². The summed E-state index contributed by atoms with van der Waals surface area (Å²) in [6, 6.07) is 4.04. The summed E-state index contributed by atoms with van der Waals surface area (Å²) in [5.74, 6) is 1.65. The number of benzene rings is 1. The predicted molar refractivity (Wildman–Crippen MR) is 110 cm³/mol. The maximum absolute atomic E-state index is 13.1. The van der Waals surface area contributed by atoms with Gasteiger partial charge in [0.15, 0.2) is 0 Å². The summed E-state index contributed by atoms with van der Waals surface area (Å²) in [7, 11) is 1.90. The third-order valence-electron chi connectivity index (χ3n) is 5.78. The maximum atomic E-state index is 13.1. The molecule has 1 atom stereocenters. The van der Waals surface area contributed by atoms with Gasteiger partial charge in [0, 0.05) is 69.5 Å². The molecule has 2 aliphatic rings. The van der Waals surface area contributed by atoms with Crippen LogP contribution in [0, 0.1) is 6.92 Å². The Bertz CT molecular complexity index is 1060. The molecule has 0 bridgehead atoms. The number of carbonyl (C=O) groups excluding carboxylic acids is 1. The van der Waals surface area contributed by atoms with Crippen molar-refractivity contribution >= 4 is 22.5 Å². The molecule has 3 aromatic rings. The van der Waals surface area contributed by atoms with Gasteiger partial charge in [0.1, 0.15) is 17.2 Å². The number of amides is 1. The molecular weight excluding hydrogens is 368 g/mol. The van der Waals surface area contributed by atoms with Crippen LogP contribution in [0.1, 0.15) is 28.4 Å². The number of rotatable bonds is 3. The molecule has 1 saturated heterocycles. The number of aromatic nitrogens is 5. The fourth-order valence-electron chi connectivity index (χ4n) is 4.39. The molecule has 0 saturated carbocycles. The number of piperazine rings is 1. The van der Waals surface area contributed by atoms with Gasteiger partial charge in [-0.25, -0.2) is 9.67 Å². The Labute approximate surface area is 169 Å². The first-order valence-corrected chi connectivity index (χ1v) is 10.2. The van der Waals surface area contributed by atoms with Crippen LogP contribution in [-0.4, -0.2) is 62.7 Å². The van der Waals surface area contributed by atoms with Crippen molar-refractivity contribution in [3.63, 3.8) is 0 Å². The first kappa shape index (κ1) is 18.1. The minimum absolute atomic E-state index is 0.0604. The van der Waals surface area contributed by atoms with Gasteiger partial charge >= 0.3 is 0 Å². The van der Waals surface area contributed by atoms with E-state index in [1.165, 1.54) is 0 Å². The van der Waals surface area contributed by atoms with Crippen LogP contribution in [0.5, 0.6) is 0 Å². The summed E-state index contributed by atoms with van der Waals surface area (Å²) >= 11 is 0. The molecule has 29 heavy (non-hydrogen) atoms. The summed E-state index contributed by atoms with van der Waals surface area (Å²) in [6.45, 7) is 6.53. The molecular formula is C20H26N8O. The molecule has 9 heteroatoms. The number of nitrogens with zero attached hydrogens (tertiary/aromatic N) is 6. The minimum atomic E-state index is -0.0738. The van der Waals surface area contributed by atoms with Crippen LogP contribution in [-0.2, 0) is 20.0 Å². The smallest absolute Gasteiger partial charge is 0.253 e. The van der Waals surface area contributed by atoms with Crippen LogP contribution < -0.4 is 15.5 Å². The third kappa shape index (κ3) is 3.35. The quantitative estimate of drug-likeness (QED) is 0.677. The van der Waals surface area contributed by atoms with Gasteiger partial charge in [0.05, 0.1) is 5.56 Å². The van der Waals surface area contributed by atoms with Crippen molar-refractivity contribution in [1.29, 1.82) is 0 Å². The van der Waals surface area contributed by atoms with Gasteiger partial charge in [-0.1, -0.05) is 0 Å². The summed E-state index contributed by atoms with van der Waals surface area (Å²) in [6.07, 6.45) is 3.57. The Morgan fingerprint density at radius 1 is 1.21 bits per heavy atom. The first-order valence-electron chi connectivity index (χ1n) is 10.2. The molecule has 0 radical (unpaired) electrons. The van der Waals surface area contributed by atoms with Gasteiger partial charge in [0.25, 0.3) is 5.91 Å². The Balaban J connectivity index is 1.40. The van der Waals surface area contributed by atoms with Crippen molar-refractivity contribution in [2.24, 2.45) is 7.05 Å². The second kappa shape index (κ2) is 7.14. The Morgan fingerprint density at radius 2 is 2.03 bits per heavy atom. The zero-order valence-electron chi connectivity index (χ0n) is 16.9. The number of aryl methyl sites for hydroxylation is 3. The highest BCUT2D eigenvalue weighted by Gasteiger charge is 2.25.